The van der Waals surface area contributed by atoms with E-state index in [-0.39, 0.29) is 30.3 Å². The third-order valence-corrected chi connectivity index (χ3v) is 7.05. The van der Waals surface area contributed by atoms with Crippen LogP contribution < -0.4 is 5.32 Å². The first-order valence-corrected chi connectivity index (χ1v) is 11.5. The Morgan fingerprint density at radius 2 is 1.85 bits per heavy atom. The van der Waals surface area contributed by atoms with Gasteiger partial charge >= 0.3 is 5.97 Å². The molecule has 2 amide bonds. The van der Waals surface area contributed by atoms with E-state index in [0.717, 1.165) is 5.56 Å². The average Bonchev–Trinajstić information content (AvgIpc) is 2.81. The van der Waals surface area contributed by atoms with Crippen LogP contribution in [-0.2, 0) is 32.1 Å². The van der Waals surface area contributed by atoms with Crippen molar-refractivity contribution in [2.75, 3.05) is 5.75 Å². The molecule has 9 nitrogen and oxygen atoms in total. The third kappa shape index (κ3) is 4.88. The smallest absolute Gasteiger partial charge is 0.356 e. The molecular weight excluding hydrogens is 466 g/mol. The number of amides is 2. The predicted octanol–water partition coefficient (Wildman–Crippen LogP) is 2.42. The first-order chi connectivity index (χ1) is 15.8. The molecular formula is C22H19N3O6S2. The molecule has 0 aromatic heterocycles. The van der Waals surface area contributed by atoms with E-state index in [0.29, 0.717) is 16.2 Å². The highest BCUT2D eigenvalue weighted by Crippen LogP contribution is 2.41. The molecule has 2 atom stereocenters. The van der Waals surface area contributed by atoms with Crippen LogP contribution in [-0.4, -0.2) is 44.8 Å². The van der Waals surface area contributed by atoms with E-state index in [1.807, 2.05) is 30.3 Å². The highest BCUT2D eigenvalue weighted by molar-refractivity contribution is 8.01. The number of hydrogen-bond acceptors (Lipinski definition) is 8. The topological polar surface area (TPSA) is 119 Å². The van der Waals surface area contributed by atoms with Crippen LogP contribution in [0.4, 0.5) is 5.69 Å². The van der Waals surface area contributed by atoms with Crippen LogP contribution in [0.2, 0.25) is 0 Å². The SMILES string of the molecule is O=C(Cc1ccccc1)NC1C(=O)N2C(C(=O)OCc3ccc([N+](=O)[O-])cc3)=C(S)CS[C@@H]12. The number of carbonyl (C=O) groups excluding carboxylic acids is 3. The van der Waals surface area contributed by atoms with Crippen LogP contribution >= 0.6 is 24.4 Å². The molecule has 0 aliphatic carbocycles. The summed E-state index contributed by atoms with van der Waals surface area (Å²) in [6, 6.07) is 14.1. The largest absolute Gasteiger partial charge is 0.456 e. The summed E-state index contributed by atoms with van der Waals surface area (Å²) in [6.07, 6.45) is 0.153. The van der Waals surface area contributed by atoms with Crippen LogP contribution in [0.25, 0.3) is 0 Å². The lowest BCUT2D eigenvalue weighted by Gasteiger charge is -2.49. The minimum atomic E-state index is -0.731. The summed E-state index contributed by atoms with van der Waals surface area (Å²) in [7, 11) is 0. The Kier molecular flexibility index (Phi) is 6.70. The summed E-state index contributed by atoms with van der Waals surface area (Å²) in [5.41, 5.74) is 1.40. The minimum Gasteiger partial charge on any atom is -0.456 e. The van der Waals surface area contributed by atoms with Gasteiger partial charge in [-0.25, -0.2) is 4.79 Å². The second-order valence-corrected chi connectivity index (χ2v) is 9.06. The van der Waals surface area contributed by atoms with E-state index >= 15 is 0 Å². The molecule has 0 spiro atoms. The highest BCUT2D eigenvalue weighted by Gasteiger charge is 2.54. The number of benzene rings is 2. The number of esters is 1. The quantitative estimate of drug-likeness (QED) is 0.203. The molecule has 33 heavy (non-hydrogen) atoms. The van der Waals surface area contributed by atoms with Gasteiger partial charge in [0.25, 0.3) is 11.6 Å². The summed E-state index contributed by atoms with van der Waals surface area (Å²) in [5.74, 6) is -0.999. The van der Waals surface area contributed by atoms with Crippen molar-refractivity contribution in [1.82, 2.24) is 10.2 Å². The van der Waals surface area contributed by atoms with E-state index in [1.54, 1.807) is 0 Å². The first kappa shape index (κ1) is 22.9. The van der Waals surface area contributed by atoms with Gasteiger partial charge in [-0.2, -0.15) is 0 Å². The monoisotopic (exact) mass is 485 g/mol. The fraction of sp³-hybridized carbons (Fsp3) is 0.227. The van der Waals surface area contributed by atoms with Crippen molar-refractivity contribution >= 4 is 47.9 Å². The molecule has 1 unspecified atom stereocenters. The summed E-state index contributed by atoms with van der Waals surface area (Å²) in [4.78, 5) is 49.9. The van der Waals surface area contributed by atoms with Crippen LogP contribution in [0.15, 0.2) is 65.2 Å². The number of thiol groups is 1. The maximum Gasteiger partial charge on any atom is 0.356 e. The van der Waals surface area contributed by atoms with E-state index in [1.165, 1.54) is 40.9 Å². The number of carbonyl (C=O) groups is 3. The third-order valence-electron chi connectivity index (χ3n) is 5.18. The van der Waals surface area contributed by atoms with Gasteiger partial charge in [0.1, 0.15) is 23.7 Å². The first-order valence-electron chi connectivity index (χ1n) is 9.95. The maximum absolute atomic E-state index is 12.8. The maximum atomic E-state index is 12.8. The van der Waals surface area contributed by atoms with E-state index < -0.39 is 28.2 Å². The van der Waals surface area contributed by atoms with Gasteiger partial charge in [-0.15, -0.1) is 24.4 Å². The number of nitro benzene ring substituents is 1. The molecule has 2 aromatic carbocycles. The Bertz CT molecular complexity index is 1140. The Balaban J connectivity index is 1.37. The molecule has 170 valence electrons. The van der Waals surface area contributed by atoms with Crippen molar-refractivity contribution in [3.05, 3.63) is 86.4 Å². The summed E-state index contributed by atoms with van der Waals surface area (Å²) in [5, 5.41) is 13.1. The molecule has 2 heterocycles. The van der Waals surface area contributed by atoms with E-state index in [4.69, 9.17) is 4.74 Å². The molecule has 0 radical (unpaired) electrons. The molecule has 1 saturated heterocycles. The van der Waals surface area contributed by atoms with Crippen molar-refractivity contribution in [2.24, 2.45) is 0 Å². The van der Waals surface area contributed by atoms with Crippen LogP contribution in [0, 0.1) is 10.1 Å². The molecule has 0 saturated carbocycles. The fourth-order valence-corrected chi connectivity index (χ4v) is 5.15. The van der Waals surface area contributed by atoms with Crippen LogP contribution in [0.3, 0.4) is 0 Å². The van der Waals surface area contributed by atoms with Crippen molar-refractivity contribution in [3.63, 3.8) is 0 Å². The number of nitrogens with one attached hydrogen (secondary N) is 1. The van der Waals surface area contributed by atoms with Gasteiger partial charge in [-0.3, -0.25) is 24.6 Å². The zero-order valence-corrected chi connectivity index (χ0v) is 18.9. The predicted molar refractivity (Wildman–Crippen MR) is 124 cm³/mol. The van der Waals surface area contributed by atoms with Gasteiger partial charge in [-0.05, 0) is 23.3 Å². The molecule has 4 rings (SSSR count). The lowest BCUT2D eigenvalue weighted by atomic mass is 10.0. The Labute approximate surface area is 198 Å². The van der Waals surface area contributed by atoms with Gasteiger partial charge in [-0.1, -0.05) is 30.3 Å². The Hall–Kier alpha value is -3.31. The number of β-lactam (4-membered cyclic amide) rings is 1. The number of rotatable bonds is 7. The summed E-state index contributed by atoms with van der Waals surface area (Å²) >= 11 is 5.76. The molecule has 1 fully saturated rings. The number of thioether (sulfide) groups is 1. The number of ether oxygens (including phenoxy) is 1. The van der Waals surface area contributed by atoms with Crippen molar-refractivity contribution in [3.8, 4) is 0 Å². The van der Waals surface area contributed by atoms with Crippen molar-refractivity contribution in [2.45, 2.75) is 24.4 Å². The second-order valence-electron chi connectivity index (χ2n) is 7.41. The normalized spacial score (nSPS) is 19.4. The van der Waals surface area contributed by atoms with Gasteiger partial charge in [0.05, 0.1) is 11.3 Å². The molecule has 2 aliphatic heterocycles. The minimum absolute atomic E-state index is 0.0579. The molecule has 2 aromatic rings. The van der Waals surface area contributed by atoms with E-state index in [2.05, 4.69) is 17.9 Å². The molecule has 1 N–H and O–H groups in total. The lowest BCUT2D eigenvalue weighted by Crippen LogP contribution is -2.70. The van der Waals surface area contributed by atoms with E-state index in [9.17, 15) is 24.5 Å². The number of non-ortho nitro benzene ring substituents is 1. The second kappa shape index (κ2) is 9.67. The van der Waals surface area contributed by atoms with Crippen LogP contribution in [0.5, 0.6) is 0 Å². The van der Waals surface area contributed by atoms with Gasteiger partial charge in [0, 0.05) is 22.8 Å². The fourth-order valence-electron chi connectivity index (χ4n) is 3.53. The average molecular weight is 486 g/mol. The zero-order chi connectivity index (χ0) is 23.5. The van der Waals surface area contributed by atoms with Crippen molar-refractivity contribution < 1.29 is 24.0 Å². The van der Waals surface area contributed by atoms with Gasteiger partial charge < -0.3 is 10.1 Å². The van der Waals surface area contributed by atoms with Gasteiger partial charge in [0.2, 0.25) is 5.91 Å². The molecule has 0 bridgehead atoms. The lowest BCUT2D eigenvalue weighted by molar-refractivity contribution is -0.384. The molecule has 2 aliphatic rings. The summed E-state index contributed by atoms with van der Waals surface area (Å²) < 4.78 is 5.33. The Morgan fingerprint density at radius 1 is 1.15 bits per heavy atom. The highest BCUT2D eigenvalue weighted by atomic mass is 32.2. The zero-order valence-electron chi connectivity index (χ0n) is 17.2. The van der Waals surface area contributed by atoms with Crippen LogP contribution in [0.1, 0.15) is 11.1 Å². The number of hydrogen-bond donors (Lipinski definition) is 2. The number of nitro groups is 1. The molecule has 11 heteroatoms. The van der Waals surface area contributed by atoms with Gasteiger partial charge in [0.15, 0.2) is 0 Å². The summed E-state index contributed by atoms with van der Waals surface area (Å²) in [6.45, 7) is -0.113. The number of fused-ring (bicyclic) bond motifs is 1. The standard InChI is InChI=1S/C22H19N3O6S2/c26-17(10-13-4-2-1-3-5-13)23-18-20(27)24-19(16(32)12-33-21(18)24)22(28)31-11-14-6-8-15(9-7-14)25(29)30/h1-9,18,21,32H,10-12H2,(H,23,26)/t18?,21-/m0/s1. The van der Waals surface area contributed by atoms with Crippen molar-refractivity contribution in [1.29, 1.82) is 0 Å². The Morgan fingerprint density at radius 3 is 2.52 bits per heavy atom. The number of nitrogens with zero attached hydrogens (tertiary/aromatic N) is 2.